The second-order valence-electron chi connectivity index (χ2n) is 4.49. The lowest BCUT2D eigenvalue weighted by Gasteiger charge is -2.26. The average Bonchev–Trinajstić information content (AvgIpc) is 3.09. The van der Waals surface area contributed by atoms with Crippen LogP contribution in [-0.2, 0) is 0 Å². The number of rotatable bonds is 1. The summed E-state index contributed by atoms with van der Waals surface area (Å²) in [4.78, 5) is 0. The SMILES string of the molecule is C[C@@H]1SC2=C(SC(=C3SC4=C(SCCS4)S3)S2)S[C@H]1CO. The topological polar surface area (TPSA) is 20.2 Å². The molecule has 0 aromatic rings. The first kappa shape index (κ1) is 16.4. The summed E-state index contributed by atoms with van der Waals surface area (Å²) in [6.07, 6.45) is 0. The largest absolute Gasteiger partial charge is 0.395 e. The monoisotopic (exact) mass is 428 g/mol. The van der Waals surface area contributed by atoms with Crippen molar-refractivity contribution in [3.05, 3.63) is 25.4 Å². The molecule has 0 unspecified atom stereocenters. The Labute approximate surface area is 158 Å². The second-order valence-corrected chi connectivity index (χ2v) is 15.0. The number of hydrogen-bond donors (Lipinski definition) is 1. The Morgan fingerprint density at radius 1 is 0.810 bits per heavy atom. The average molecular weight is 429 g/mol. The van der Waals surface area contributed by atoms with Crippen molar-refractivity contribution in [3.63, 3.8) is 0 Å². The molecule has 9 heteroatoms. The first-order valence-corrected chi connectivity index (χ1v) is 13.4. The van der Waals surface area contributed by atoms with Crippen molar-refractivity contribution in [1.82, 2.24) is 0 Å². The van der Waals surface area contributed by atoms with Gasteiger partial charge < -0.3 is 5.11 Å². The Hall–Kier alpha value is 1.98. The van der Waals surface area contributed by atoms with Crippen LogP contribution >= 0.6 is 94.1 Å². The summed E-state index contributed by atoms with van der Waals surface area (Å²) in [7, 11) is 0. The molecule has 1 nitrogen and oxygen atoms in total. The van der Waals surface area contributed by atoms with Crippen molar-refractivity contribution >= 4 is 94.1 Å². The molecule has 0 aromatic carbocycles. The van der Waals surface area contributed by atoms with Crippen molar-refractivity contribution in [2.45, 2.75) is 17.4 Å². The van der Waals surface area contributed by atoms with E-state index in [2.05, 4.69) is 6.92 Å². The van der Waals surface area contributed by atoms with Crippen LogP contribution in [0.4, 0.5) is 0 Å². The van der Waals surface area contributed by atoms with E-state index in [0.29, 0.717) is 10.5 Å². The summed E-state index contributed by atoms with van der Waals surface area (Å²) in [5.41, 5.74) is 0. The molecule has 21 heavy (non-hydrogen) atoms. The maximum Gasteiger partial charge on any atom is 0.0717 e. The van der Waals surface area contributed by atoms with Crippen molar-refractivity contribution in [3.8, 4) is 0 Å². The number of thioether (sulfide) groups is 8. The molecule has 0 radical (unpaired) electrons. The van der Waals surface area contributed by atoms with E-state index in [0.717, 1.165) is 0 Å². The maximum atomic E-state index is 9.49. The van der Waals surface area contributed by atoms with E-state index in [1.807, 2.05) is 94.1 Å². The summed E-state index contributed by atoms with van der Waals surface area (Å²) in [5.74, 6) is 2.49. The van der Waals surface area contributed by atoms with Crippen LogP contribution in [0.2, 0.25) is 0 Å². The molecule has 0 aromatic heterocycles. The molecular formula is C12H12OS8. The van der Waals surface area contributed by atoms with Gasteiger partial charge >= 0.3 is 0 Å². The zero-order chi connectivity index (χ0) is 14.4. The highest BCUT2D eigenvalue weighted by atomic mass is 32.3. The van der Waals surface area contributed by atoms with Crippen LogP contribution in [0.3, 0.4) is 0 Å². The van der Waals surface area contributed by atoms with Gasteiger partial charge in [0.25, 0.3) is 0 Å². The van der Waals surface area contributed by atoms with E-state index in [1.165, 1.54) is 36.9 Å². The smallest absolute Gasteiger partial charge is 0.0717 e. The Balaban J connectivity index is 1.50. The molecule has 4 rings (SSSR count). The van der Waals surface area contributed by atoms with Crippen molar-refractivity contribution in [2.24, 2.45) is 0 Å². The van der Waals surface area contributed by atoms with E-state index in [-0.39, 0.29) is 6.61 Å². The molecule has 0 bridgehead atoms. The fraction of sp³-hybridized carbons (Fsp3) is 0.500. The van der Waals surface area contributed by atoms with Gasteiger partial charge in [0.1, 0.15) is 0 Å². The van der Waals surface area contributed by atoms with Crippen molar-refractivity contribution in [1.29, 1.82) is 0 Å². The van der Waals surface area contributed by atoms with Crippen LogP contribution < -0.4 is 0 Å². The highest BCUT2D eigenvalue weighted by molar-refractivity contribution is 8.45. The minimum atomic E-state index is 0.277. The van der Waals surface area contributed by atoms with E-state index in [1.54, 1.807) is 0 Å². The van der Waals surface area contributed by atoms with Gasteiger partial charge in [-0.1, -0.05) is 54.0 Å². The Bertz CT molecular complexity index is 546. The summed E-state index contributed by atoms with van der Waals surface area (Å²) < 4.78 is 8.84. The second kappa shape index (κ2) is 7.07. The molecule has 0 saturated carbocycles. The van der Waals surface area contributed by atoms with E-state index >= 15 is 0 Å². The summed E-state index contributed by atoms with van der Waals surface area (Å²) in [5, 5.41) is 10.3. The molecule has 4 aliphatic heterocycles. The lowest BCUT2D eigenvalue weighted by Crippen LogP contribution is -2.23. The number of aliphatic hydroxyl groups excluding tert-OH is 1. The van der Waals surface area contributed by atoms with Gasteiger partial charge in [0.2, 0.25) is 0 Å². The van der Waals surface area contributed by atoms with Crippen molar-refractivity contribution in [2.75, 3.05) is 18.1 Å². The third-order valence-electron chi connectivity index (χ3n) is 3.05. The van der Waals surface area contributed by atoms with E-state index < -0.39 is 0 Å². The highest BCUT2D eigenvalue weighted by Gasteiger charge is 2.37. The normalized spacial score (nSPS) is 32.9. The molecular weight excluding hydrogens is 417 g/mol. The lowest BCUT2D eigenvalue weighted by molar-refractivity contribution is 0.294. The van der Waals surface area contributed by atoms with Crippen molar-refractivity contribution < 1.29 is 5.11 Å². The van der Waals surface area contributed by atoms with Crippen LogP contribution in [0.25, 0.3) is 0 Å². The maximum absolute atomic E-state index is 9.49. The van der Waals surface area contributed by atoms with Gasteiger partial charge in [0, 0.05) is 22.0 Å². The fourth-order valence-corrected chi connectivity index (χ4v) is 14.7. The summed E-state index contributed by atoms with van der Waals surface area (Å²) in [6.45, 7) is 2.50. The summed E-state index contributed by atoms with van der Waals surface area (Å²) in [6, 6.07) is 0. The highest BCUT2D eigenvalue weighted by Crippen LogP contribution is 2.68. The zero-order valence-corrected chi connectivity index (χ0v) is 17.5. The fourth-order valence-electron chi connectivity index (χ4n) is 1.97. The molecule has 4 aliphatic rings. The summed E-state index contributed by atoms with van der Waals surface area (Å²) >= 11 is 15.7. The first-order valence-electron chi connectivity index (χ1n) is 6.38. The molecule has 0 amide bonds. The van der Waals surface area contributed by atoms with Gasteiger partial charge in [0.05, 0.1) is 32.0 Å². The molecule has 4 heterocycles. The minimum absolute atomic E-state index is 0.277. The third-order valence-corrected chi connectivity index (χ3v) is 15.6. The molecule has 1 N–H and O–H groups in total. The molecule has 0 fully saturated rings. The predicted molar refractivity (Wildman–Crippen MR) is 112 cm³/mol. The standard InChI is InChI=1S/C12H12OS8/c1-5-6(4-13)17-10-9(16-5)20-12(21-10)11-18-7-8(19-11)15-3-2-14-7/h5-6,13H,2-4H2,1H3/t5-,6-/m0/s1. The van der Waals surface area contributed by atoms with E-state index in [9.17, 15) is 5.11 Å². The molecule has 0 aliphatic carbocycles. The van der Waals surface area contributed by atoms with Crippen LogP contribution in [-0.4, -0.2) is 33.7 Å². The molecule has 114 valence electrons. The Kier molecular flexibility index (Phi) is 5.54. The molecule has 2 atom stereocenters. The Morgan fingerprint density at radius 3 is 1.90 bits per heavy atom. The van der Waals surface area contributed by atoms with Gasteiger partial charge in [0.15, 0.2) is 0 Å². The predicted octanol–water partition coefficient (Wildman–Crippen LogP) is 6.04. The van der Waals surface area contributed by atoms with Crippen LogP contribution in [0.15, 0.2) is 25.4 Å². The van der Waals surface area contributed by atoms with Crippen LogP contribution in [0.5, 0.6) is 0 Å². The van der Waals surface area contributed by atoms with Gasteiger partial charge in [-0.2, -0.15) is 0 Å². The third kappa shape index (κ3) is 3.38. The quantitative estimate of drug-likeness (QED) is 0.535. The minimum Gasteiger partial charge on any atom is -0.395 e. The first-order chi connectivity index (χ1) is 10.2. The lowest BCUT2D eigenvalue weighted by atomic mass is 10.3. The van der Waals surface area contributed by atoms with Crippen LogP contribution in [0.1, 0.15) is 6.92 Å². The number of aliphatic hydroxyl groups is 1. The van der Waals surface area contributed by atoms with Gasteiger partial charge in [-0.05, 0) is 0 Å². The Morgan fingerprint density at radius 2 is 1.33 bits per heavy atom. The number of hydrogen-bond acceptors (Lipinski definition) is 9. The van der Waals surface area contributed by atoms with E-state index in [4.69, 9.17) is 0 Å². The van der Waals surface area contributed by atoms with Gasteiger partial charge in [-0.3, -0.25) is 0 Å². The molecule has 0 saturated heterocycles. The van der Waals surface area contributed by atoms with Crippen LogP contribution in [0, 0.1) is 0 Å². The zero-order valence-electron chi connectivity index (χ0n) is 11.0. The van der Waals surface area contributed by atoms with Gasteiger partial charge in [-0.25, -0.2) is 0 Å². The molecule has 0 spiro atoms. The van der Waals surface area contributed by atoms with Gasteiger partial charge in [-0.15, -0.1) is 47.0 Å².